The highest BCUT2D eigenvalue weighted by molar-refractivity contribution is 6.04. The summed E-state index contributed by atoms with van der Waals surface area (Å²) in [6, 6.07) is 19.4. The normalized spacial score (nSPS) is 12.9. The number of benzene rings is 1. The van der Waals surface area contributed by atoms with Crippen molar-refractivity contribution in [2.45, 2.75) is 45.3 Å². The molecule has 2 N–H and O–H groups in total. The van der Waals surface area contributed by atoms with Gasteiger partial charge in [-0.05, 0) is 67.3 Å². The van der Waals surface area contributed by atoms with E-state index in [0.29, 0.717) is 36.6 Å². The molecule has 0 saturated heterocycles. The monoisotopic (exact) mass is 815 g/mol. The van der Waals surface area contributed by atoms with Crippen LogP contribution in [-0.2, 0) is 37.1 Å². The zero-order valence-corrected chi connectivity index (χ0v) is 34.1. The maximum Gasteiger partial charge on any atom is 0.244 e. The summed E-state index contributed by atoms with van der Waals surface area (Å²) in [5, 5.41) is 19.2. The van der Waals surface area contributed by atoms with Crippen molar-refractivity contribution < 1.29 is 14.4 Å². The predicted molar refractivity (Wildman–Crippen MR) is 229 cm³/mol. The maximum atomic E-state index is 13.1. The molecule has 7 aromatic rings. The molecule has 308 valence electrons. The number of hydrogen-bond donors (Lipinski definition) is 2. The van der Waals surface area contributed by atoms with Crippen LogP contribution in [0.1, 0.15) is 50.2 Å². The first-order valence-electron chi connectivity index (χ1n) is 19.7. The number of allylic oxidation sites excluding steroid dienone is 1. The van der Waals surface area contributed by atoms with Crippen molar-refractivity contribution in [2.24, 2.45) is 0 Å². The van der Waals surface area contributed by atoms with E-state index in [1.54, 1.807) is 77.2 Å². The third-order valence-corrected chi connectivity index (χ3v) is 9.95. The Balaban J connectivity index is 0.000000208. The van der Waals surface area contributed by atoms with Crippen LogP contribution >= 0.6 is 0 Å². The molecular weight excluding hydrogens is 771 g/mol. The molecule has 1 aromatic carbocycles. The van der Waals surface area contributed by atoms with E-state index in [2.05, 4.69) is 69.9 Å². The minimum atomic E-state index is -0.0210. The smallest absolute Gasteiger partial charge is 0.244 e. The second-order valence-electron chi connectivity index (χ2n) is 14.6. The topological polar surface area (TPSA) is 194 Å². The number of pyridine rings is 3. The van der Waals surface area contributed by atoms with Gasteiger partial charge in [-0.15, -0.1) is 0 Å². The lowest BCUT2D eigenvalue weighted by molar-refractivity contribution is -0.133. The number of nitrogens with one attached hydrogen (secondary N) is 2. The Kier molecular flexibility index (Phi) is 13.4. The van der Waals surface area contributed by atoms with Crippen molar-refractivity contribution >= 4 is 23.4 Å². The number of hydrogen-bond acceptors (Lipinski definition) is 13. The first-order valence-corrected chi connectivity index (χ1v) is 19.7. The zero-order valence-electron chi connectivity index (χ0n) is 34.1. The average Bonchev–Trinajstić information content (AvgIpc) is 4.05. The minimum Gasteiger partial charge on any atom is -0.383 e. The third kappa shape index (κ3) is 11.1. The Morgan fingerprint density at radius 3 is 2.02 bits per heavy atom. The summed E-state index contributed by atoms with van der Waals surface area (Å²) >= 11 is 0. The number of fused-ring (bicyclic) bond motifs is 2. The number of H-pyrrole nitrogens is 1. The molecule has 9 rings (SSSR count). The molecule has 16 nitrogen and oxygen atoms in total. The van der Waals surface area contributed by atoms with E-state index in [9.17, 15) is 14.4 Å². The molecule has 0 saturated carbocycles. The Labute approximate surface area is 352 Å². The largest absolute Gasteiger partial charge is 0.383 e. The van der Waals surface area contributed by atoms with E-state index in [0.717, 1.165) is 46.6 Å². The highest BCUT2D eigenvalue weighted by Gasteiger charge is 2.25. The number of ketones is 2. The van der Waals surface area contributed by atoms with Crippen LogP contribution in [0.3, 0.4) is 0 Å². The molecule has 0 bridgehead atoms. The Morgan fingerprint density at radius 2 is 1.41 bits per heavy atom. The number of carbonyl (C=O) groups excluding carboxylic acids is 3. The van der Waals surface area contributed by atoms with E-state index in [-0.39, 0.29) is 30.1 Å². The molecule has 1 aliphatic heterocycles. The van der Waals surface area contributed by atoms with Crippen molar-refractivity contribution in [3.05, 3.63) is 162 Å². The van der Waals surface area contributed by atoms with Gasteiger partial charge in [0.05, 0.1) is 12.2 Å². The lowest BCUT2D eigenvalue weighted by atomic mass is 10.1. The summed E-state index contributed by atoms with van der Waals surface area (Å²) in [4.78, 5) is 59.8. The van der Waals surface area contributed by atoms with Gasteiger partial charge < -0.3 is 15.1 Å². The number of anilines is 1. The van der Waals surface area contributed by atoms with Gasteiger partial charge in [-0.1, -0.05) is 24.3 Å². The quantitative estimate of drug-likeness (QED) is 0.133. The molecule has 0 fully saturated rings. The molecule has 7 heterocycles. The third-order valence-electron chi connectivity index (χ3n) is 9.95. The van der Waals surface area contributed by atoms with Gasteiger partial charge in [-0.25, -0.2) is 9.97 Å². The number of Topliss-reactive ketones (excluding diaryl/α,β-unsaturated/α-hetero) is 1. The van der Waals surface area contributed by atoms with Gasteiger partial charge >= 0.3 is 0 Å². The van der Waals surface area contributed by atoms with Crippen LogP contribution in [0, 0.1) is 0 Å². The van der Waals surface area contributed by atoms with Crippen molar-refractivity contribution in [3.8, 4) is 22.4 Å². The zero-order chi connectivity index (χ0) is 42.6. The molecule has 0 atom stereocenters. The number of nitrogens with zero attached hydrogens (tertiary/aromatic N) is 11. The summed E-state index contributed by atoms with van der Waals surface area (Å²) in [5.41, 5.74) is 9.20. The van der Waals surface area contributed by atoms with Gasteiger partial charge in [-0.2, -0.15) is 20.5 Å². The fraction of sp³-hybridized carbons (Fsp3) is 0.222. The molecule has 1 amide bonds. The van der Waals surface area contributed by atoms with Gasteiger partial charge in [0.15, 0.2) is 11.6 Å². The number of aromatic nitrogens is 10. The second-order valence-corrected chi connectivity index (χ2v) is 14.6. The van der Waals surface area contributed by atoms with Crippen LogP contribution < -0.4 is 5.32 Å². The highest BCUT2D eigenvalue weighted by atomic mass is 16.2. The number of aromatic amines is 1. The van der Waals surface area contributed by atoms with Crippen molar-refractivity contribution in [1.29, 1.82) is 0 Å². The van der Waals surface area contributed by atoms with Gasteiger partial charge in [-0.3, -0.25) is 34.0 Å². The Bertz CT molecular complexity index is 2550. The summed E-state index contributed by atoms with van der Waals surface area (Å²) < 4.78 is 1.69. The van der Waals surface area contributed by atoms with Crippen LogP contribution in [0.15, 0.2) is 129 Å². The summed E-state index contributed by atoms with van der Waals surface area (Å²) in [6.45, 7) is 2.71. The van der Waals surface area contributed by atoms with E-state index in [1.165, 1.54) is 24.1 Å². The average molecular weight is 816 g/mol. The van der Waals surface area contributed by atoms with Gasteiger partial charge in [0, 0.05) is 129 Å². The number of rotatable bonds is 10. The van der Waals surface area contributed by atoms with Crippen LogP contribution in [-0.4, -0.2) is 104 Å². The fourth-order valence-electron chi connectivity index (χ4n) is 6.79. The van der Waals surface area contributed by atoms with Crippen LogP contribution in [0.2, 0.25) is 0 Å². The maximum absolute atomic E-state index is 13.1. The molecule has 61 heavy (non-hydrogen) atoms. The van der Waals surface area contributed by atoms with Gasteiger partial charge in [0.2, 0.25) is 11.9 Å². The summed E-state index contributed by atoms with van der Waals surface area (Å²) in [7, 11) is 3.74. The lowest BCUT2D eigenvalue weighted by Crippen LogP contribution is -2.38. The van der Waals surface area contributed by atoms with Gasteiger partial charge in [0.1, 0.15) is 17.9 Å². The Morgan fingerprint density at radius 1 is 0.803 bits per heavy atom. The molecule has 0 radical (unpaired) electrons. The molecule has 2 aliphatic rings. The fourth-order valence-corrected chi connectivity index (χ4v) is 6.79. The molecule has 0 spiro atoms. The van der Waals surface area contributed by atoms with E-state index in [4.69, 9.17) is 5.10 Å². The predicted octanol–water partition coefficient (Wildman–Crippen LogP) is 5.31. The van der Waals surface area contributed by atoms with E-state index < -0.39 is 0 Å². The summed E-state index contributed by atoms with van der Waals surface area (Å²) in [6.07, 6.45) is 21.3. The molecule has 6 aromatic heterocycles. The first-order chi connectivity index (χ1) is 29.7. The first kappa shape index (κ1) is 41.4. The van der Waals surface area contributed by atoms with Crippen LogP contribution in [0.5, 0.6) is 0 Å². The highest BCUT2D eigenvalue weighted by Crippen LogP contribution is 2.31. The molecule has 16 heteroatoms. The van der Waals surface area contributed by atoms with Crippen LogP contribution in [0.25, 0.3) is 22.4 Å². The van der Waals surface area contributed by atoms with Crippen molar-refractivity contribution in [1.82, 2.24) is 59.9 Å². The Hall–Kier alpha value is -7.75. The van der Waals surface area contributed by atoms with Crippen molar-refractivity contribution in [3.63, 3.8) is 0 Å². The van der Waals surface area contributed by atoms with Gasteiger partial charge in [0.25, 0.3) is 0 Å². The molecular formula is C45H45N13O3. The van der Waals surface area contributed by atoms with Crippen molar-refractivity contribution in [2.75, 3.05) is 26.0 Å². The van der Waals surface area contributed by atoms with Crippen LogP contribution in [0.4, 0.5) is 5.95 Å². The van der Waals surface area contributed by atoms with E-state index in [1.807, 2.05) is 49.7 Å². The standard InChI is InChI=1S/C28H26N10O.C10H12N2O.C7H7NO/c39-26(37-10-7-24-25(16-37)34-36-33-24)17-38-15-23(27(35-38)18-5-8-29-9-6-18)21-13-30-28(31-14-21)32-22-11-19-3-1-2-4-20(19)12-22;1-12(2)8-5-10(13)9-3-6-11-7-4-9;1-6(9)7-2-4-8-5-3-7/h1-6,8-9,13-15,22H,7,10-12,16-17H2,(H,30,31,32)(H,33,34,36);3-8H,1-2H3;2-5H,1H3/b;8-5+;. The lowest BCUT2D eigenvalue weighted by Gasteiger charge is -2.25. The minimum absolute atomic E-state index is 0.00361. The molecule has 1 aliphatic carbocycles. The summed E-state index contributed by atoms with van der Waals surface area (Å²) in [5.74, 6) is 0.655. The van der Waals surface area contributed by atoms with E-state index >= 15 is 0 Å². The number of carbonyl (C=O) groups is 3. The number of amides is 1. The SMILES string of the molecule is CC(=O)c1ccncc1.CN(C)/C=C/C(=O)c1ccncc1.O=C(Cn1cc(-c2cnc(NC3Cc4ccccc4C3)nc2)c(-c2ccncc2)n1)N1CCc2n[nH]nc2C1. The molecule has 0 unspecified atom stereocenters. The second kappa shape index (κ2) is 19.8.